The van der Waals surface area contributed by atoms with Crippen LogP contribution in [0, 0.1) is 0 Å². The zero-order chi connectivity index (χ0) is 23.8. The lowest BCUT2D eigenvalue weighted by molar-refractivity contribution is 0.0267. The molecule has 2 fully saturated rings. The second-order valence-electron chi connectivity index (χ2n) is 9.72. The Hall–Kier alpha value is -2.08. The fourth-order valence-electron chi connectivity index (χ4n) is 4.84. The van der Waals surface area contributed by atoms with Gasteiger partial charge in [-0.05, 0) is 59.2 Å². The van der Waals surface area contributed by atoms with E-state index in [4.69, 9.17) is 0 Å². The molecule has 3 heterocycles. The van der Waals surface area contributed by atoms with Crippen molar-refractivity contribution in [3.8, 4) is 0 Å². The molecule has 0 spiro atoms. The van der Waals surface area contributed by atoms with Crippen LogP contribution in [0.4, 0.5) is 5.95 Å². The van der Waals surface area contributed by atoms with Gasteiger partial charge in [-0.2, -0.15) is 4.98 Å². The average Bonchev–Trinajstić information content (AvgIpc) is 3.11. The van der Waals surface area contributed by atoms with Gasteiger partial charge < -0.3 is 15.3 Å². The number of nitrogens with zero attached hydrogens (tertiary/aromatic N) is 5. The van der Waals surface area contributed by atoms with E-state index in [1.54, 1.807) is 28.1 Å². The van der Waals surface area contributed by atoms with E-state index in [9.17, 15) is 18.3 Å². The Morgan fingerprint density at radius 2 is 1.97 bits per heavy atom. The van der Waals surface area contributed by atoms with Crippen molar-refractivity contribution >= 4 is 27.0 Å². The van der Waals surface area contributed by atoms with Crippen LogP contribution in [0.5, 0.6) is 0 Å². The van der Waals surface area contributed by atoms with Gasteiger partial charge in [-0.1, -0.05) is 0 Å². The lowest BCUT2D eigenvalue weighted by Crippen LogP contribution is -2.44. The number of aromatic nitrogens is 3. The standard InChI is InChI=1S/C22H34N6O4S/c1-22(30)10-4-5-18(22)28-19(29)7-6-16-15-23-21(25-20(16)28)24-17-8-11-27(12-9-17)33(31,32)14-13-26(2)3/h6-7,15,17-18,30H,4-5,8-14H2,1-3H3,(H,23,24,25)/t18-,22-/m1/s1. The molecule has 0 amide bonds. The summed E-state index contributed by atoms with van der Waals surface area (Å²) in [5, 5.41) is 14.9. The molecule has 33 heavy (non-hydrogen) atoms. The third-order valence-electron chi connectivity index (χ3n) is 6.83. The first-order valence-corrected chi connectivity index (χ1v) is 13.2. The smallest absolute Gasteiger partial charge is 0.252 e. The van der Waals surface area contributed by atoms with Crippen LogP contribution in [-0.4, -0.2) is 88.4 Å². The van der Waals surface area contributed by atoms with E-state index < -0.39 is 15.6 Å². The summed E-state index contributed by atoms with van der Waals surface area (Å²) in [4.78, 5) is 23.7. The van der Waals surface area contributed by atoms with E-state index in [-0.39, 0.29) is 23.4 Å². The van der Waals surface area contributed by atoms with E-state index >= 15 is 0 Å². The first kappa shape index (κ1) is 24.1. The van der Waals surface area contributed by atoms with Crippen LogP contribution in [0.1, 0.15) is 45.1 Å². The Balaban J connectivity index is 1.49. The molecule has 2 aromatic heterocycles. The number of nitrogens with one attached hydrogen (secondary N) is 1. The largest absolute Gasteiger partial charge is 0.388 e. The highest BCUT2D eigenvalue weighted by Gasteiger charge is 2.39. The van der Waals surface area contributed by atoms with Crippen LogP contribution in [0.15, 0.2) is 23.1 Å². The Morgan fingerprint density at radius 3 is 2.61 bits per heavy atom. The molecule has 0 aromatic carbocycles. The second kappa shape index (κ2) is 9.28. The lowest BCUT2D eigenvalue weighted by atomic mass is 10.00. The fourth-order valence-corrected chi connectivity index (χ4v) is 6.46. The van der Waals surface area contributed by atoms with Crippen molar-refractivity contribution in [3.05, 3.63) is 28.7 Å². The highest BCUT2D eigenvalue weighted by molar-refractivity contribution is 7.89. The van der Waals surface area contributed by atoms with Crippen molar-refractivity contribution in [2.75, 3.05) is 44.8 Å². The second-order valence-corrected chi connectivity index (χ2v) is 11.8. The quantitative estimate of drug-likeness (QED) is 0.606. The van der Waals surface area contributed by atoms with Crippen LogP contribution in [0.3, 0.4) is 0 Å². The van der Waals surface area contributed by atoms with Gasteiger partial charge in [0.25, 0.3) is 5.56 Å². The third kappa shape index (κ3) is 5.21. The summed E-state index contributed by atoms with van der Waals surface area (Å²) in [6, 6.07) is 2.92. The SMILES string of the molecule is CN(C)CCS(=O)(=O)N1CCC(Nc2ncc3ccc(=O)n([C@@H]4CCC[C@@]4(C)O)c3n2)CC1. The molecule has 0 radical (unpaired) electrons. The molecule has 2 aromatic rings. The molecule has 2 aliphatic rings. The van der Waals surface area contributed by atoms with Crippen molar-refractivity contribution < 1.29 is 13.5 Å². The molecular formula is C22H34N6O4S. The molecule has 0 unspecified atom stereocenters. The average molecular weight is 479 g/mol. The first-order chi connectivity index (χ1) is 15.6. The summed E-state index contributed by atoms with van der Waals surface area (Å²) < 4.78 is 28.3. The van der Waals surface area contributed by atoms with E-state index in [1.165, 1.54) is 6.07 Å². The van der Waals surface area contributed by atoms with Crippen LogP contribution in [0.25, 0.3) is 11.0 Å². The first-order valence-electron chi connectivity index (χ1n) is 11.6. The molecule has 2 N–H and O–H groups in total. The Bertz CT molecular complexity index is 1160. The molecule has 2 atom stereocenters. The molecular weight excluding hydrogens is 444 g/mol. The Labute approximate surface area is 194 Å². The van der Waals surface area contributed by atoms with Gasteiger partial charge >= 0.3 is 0 Å². The zero-order valence-corrected chi connectivity index (χ0v) is 20.4. The molecule has 1 saturated carbocycles. The van der Waals surface area contributed by atoms with Gasteiger partial charge in [0.15, 0.2) is 0 Å². The Kier molecular flexibility index (Phi) is 6.77. The van der Waals surface area contributed by atoms with Crippen molar-refractivity contribution in [1.82, 2.24) is 23.7 Å². The monoisotopic (exact) mass is 478 g/mol. The summed E-state index contributed by atoms with van der Waals surface area (Å²) in [6.45, 7) is 3.19. The minimum Gasteiger partial charge on any atom is -0.388 e. The Morgan fingerprint density at radius 1 is 1.24 bits per heavy atom. The molecule has 182 valence electrons. The number of sulfonamides is 1. The van der Waals surface area contributed by atoms with Crippen LogP contribution in [-0.2, 0) is 10.0 Å². The minimum absolute atomic E-state index is 0.0428. The van der Waals surface area contributed by atoms with Crippen LogP contribution >= 0.6 is 0 Å². The number of anilines is 1. The normalized spacial score (nSPS) is 25.2. The predicted molar refractivity (Wildman–Crippen MR) is 128 cm³/mol. The van der Waals surface area contributed by atoms with E-state index in [1.807, 2.05) is 19.0 Å². The number of fused-ring (bicyclic) bond motifs is 1. The molecule has 1 saturated heterocycles. The minimum atomic E-state index is -3.26. The fraction of sp³-hybridized carbons (Fsp3) is 0.682. The number of pyridine rings is 1. The maximum Gasteiger partial charge on any atom is 0.252 e. The summed E-state index contributed by atoms with van der Waals surface area (Å²) >= 11 is 0. The maximum absolute atomic E-state index is 12.7. The van der Waals surface area contributed by atoms with Gasteiger partial charge in [-0.3, -0.25) is 9.36 Å². The van der Waals surface area contributed by atoms with Gasteiger partial charge in [0.05, 0.1) is 17.4 Å². The summed E-state index contributed by atoms with van der Waals surface area (Å²) in [6.07, 6.45) is 5.22. The zero-order valence-electron chi connectivity index (χ0n) is 19.6. The van der Waals surface area contributed by atoms with Crippen LogP contribution < -0.4 is 10.9 Å². The summed E-state index contributed by atoms with van der Waals surface area (Å²) in [7, 11) is 0.464. The molecule has 0 bridgehead atoms. The number of rotatable bonds is 7. The van der Waals surface area contributed by atoms with Crippen molar-refractivity contribution in [3.63, 3.8) is 0 Å². The van der Waals surface area contributed by atoms with Gasteiger partial charge in [0, 0.05) is 43.3 Å². The van der Waals surface area contributed by atoms with Gasteiger partial charge in [0.1, 0.15) is 5.65 Å². The van der Waals surface area contributed by atoms with E-state index in [0.29, 0.717) is 50.5 Å². The number of hydrogen-bond donors (Lipinski definition) is 2. The van der Waals surface area contributed by atoms with Crippen molar-refractivity contribution in [2.24, 2.45) is 0 Å². The number of aliphatic hydroxyl groups is 1. The van der Waals surface area contributed by atoms with E-state index in [2.05, 4.69) is 15.3 Å². The maximum atomic E-state index is 12.7. The van der Waals surface area contributed by atoms with Crippen molar-refractivity contribution in [1.29, 1.82) is 0 Å². The lowest BCUT2D eigenvalue weighted by Gasteiger charge is -2.32. The molecule has 4 rings (SSSR count). The molecule has 10 nitrogen and oxygen atoms in total. The summed E-state index contributed by atoms with van der Waals surface area (Å²) in [5.41, 5.74) is -0.631. The van der Waals surface area contributed by atoms with Gasteiger partial charge in [-0.15, -0.1) is 0 Å². The van der Waals surface area contributed by atoms with Crippen molar-refractivity contribution in [2.45, 2.75) is 56.7 Å². The van der Waals surface area contributed by atoms with E-state index in [0.717, 1.165) is 18.2 Å². The third-order valence-corrected chi connectivity index (χ3v) is 8.68. The van der Waals surface area contributed by atoms with Gasteiger partial charge in [0.2, 0.25) is 16.0 Å². The molecule has 1 aliphatic heterocycles. The highest BCUT2D eigenvalue weighted by atomic mass is 32.2. The molecule has 1 aliphatic carbocycles. The molecule has 11 heteroatoms. The predicted octanol–water partition coefficient (Wildman–Crippen LogP) is 1.04. The van der Waals surface area contributed by atoms with Gasteiger partial charge in [-0.25, -0.2) is 17.7 Å². The number of piperidine rings is 1. The summed E-state index contributed by atoms with van der Waals surface area (Å²) in [5.74, 6) is 0.530. The highest BCUT2D eigenvalue weighted by Crippen LogP contribution is 2.39. The van der Waals surface area contributed by atoms with Crippen LogP contribution in [0.2, 0.25) is 0 Å². The number of hydrogen-bond acceptors (Lipinski definition) is 8. The topological polar surface area (TPSA) is 121 Å².